The van der Waals surface area contributed by atoms with E-state index in [0.717, 1.165) is 17.3 Å². The van der Waals surface area contributed by atoms with E-state index in [1.807, 2.05) is 26.0 Å². The molecule has 0 aliphatic carbocycles. The summed E-state index contributed by atoms with van der Waals surface area (Å²) in [6, 6.07) is 10.2. The summed E-state index contributed by atoms with van der Waals surface area (Å²) in [7, 11) is 0. The summed E-state index contributed by atoms with van der Waals surface area (Å²) < 4.78 is 5.58. The van der Waals surface area contributed by atoms with Crippen molar-refractivity contribution in [3.05, 3.63) is 74.1 Å². The fourth-order valence-electron chi connectivity index (χ4n) is 2.51. The van der Waals surface area contributed by atoms with Crippen molar-refractivity contribution in [2.24, 2.45) is 0 Å². The lowest BCUT2D eigenvalue weighted by atomic mass is 10.0. The van der Waals surface area contributed by atoms with Gasteiger partial charge in [0.05, 0.1) is 17.1 Å². The second kappa shape index (κ2) is 9.06. The molecular weight excluding hydrogens is 416 g/mol. The lowest BCUT2D eigenvalue weighted by Crippen LogP contribution is -2.14. The summed E-state index contributed by atoms with van der Waals surface area (Å²) >= 11 is 6.85. The van der Waals surface area contributed by atoms with Crippen molar-refractivity contribution in [3.63, 3.8) is 0 Å². The molecule has 10 heteroatoms. The molecule has 0 unspecified atom stereocenters. The Morgan fingerprint density at radius 2 is 2.00 bits per heavy atom. The van der Waals surface area contributed by atoms with E-state index in [1.54, 1.807) is 0 Å². The Morgan fingerprint density at radius 1 is 1.21 bits per heavy atom. The van der Waals surface area contributed by atoms with Crippen LogP contribution < -0.4 is 5.32 Å². The van der Waals surface area contributed by atoms with Crippen molar-refractivity contribution in [3.8, 4) is 0 Å². The molecule has 8 nitrogen and oxygen atoms in total. The number of nitrogens with zero attached hydrogens (tertiary/aromatic N) is 3. The Bertz CT molecular complexity index is 1070. The van der Waals surface area contributed by atoms with Crippen LogP contribution in [-0.2, 0) is 11.2 Å². The third-order valence-electron chi connectivity index (χ3n) is 4.13. The first kappa shape index (κ1) is 20.8. The number of thioether (sulfide) groups is 1. The Labute approximate surface area is 175 Å². The van der Waals surface area contributed by atoms with Crippen LogP contribution in [0.3, 0.4) is 0 Å². The number of aryl methyl sites for hydroxylation is 2. The highest BCUT2D eigenvalue weighted by Crippen LogP contribution is 2.27. The van der Waals surface area contributed by atoms with Gasteiger partial charge < -0.3 is 9.73 Å². The van der Waals surface area contributed by atoms with Crippen LogP contribution in [0, 0.1) is 24.0 Å². The van der Waals surface area contributed by atoms with E-state index < -0.39 is 4.92 Å². The predicted molar refractivity (Wildman–Crippen MR) is 110 cm³/mol. The molecule has 0 spiro atoms. The number of nitro benzene ring substituents is 1. The molecule has 0 radical (unpaired) electrons. The van der Waals surface area contributed by atoms with Crippen LogP contribution in [0.25, 0.3) is 0 Å². The van der Waals surface area contributed by atoms with E-state index in [9.17, 15) is 14.9 Å². The van der Waals surface area contributed by atoms with Crippen LogP contribution in [-0.4, -0.2) is 26.8 Å². The summed E-state index contributed by atoms with van der Waals surface area (Å²) in [4.78, 5) is 22.4. The molecule has 150 valence electrons. The van der Waals surface area contributed by atoms with Gasteiger partial charge in [0.2, 0.25) is 11.8 Å². The highest BCUT2D eigenvalue weighted by molar-refractivity contribution is 7.99. The second-order valence-electron chi connectivity index (χ2n) is 6.32. The van der Waals surface area contributed by atoms with Crippen LogP contribution >= 0.6 is 23.4 Å². The molecule has 3 rings (SSSR count). The number of aromatic nitrogens is 2. The Kier molecular flexibility index (Phi) is 6.50. The summed E-state index contributed by atoms with van der Waals surface area (Å²) in [5.41, 5.74) is 3.48. The monoisotopic (exact) mass is 432 g/mol. The number of nitro groups is 1. The lowest BCUT2D eigenvalue weighted by Gasteiger charge is -2.04. The minimum Gasteiger partial charge on any atom is -0.416 e. The number of amides is 1. The van der Waals surface area contributed by atoms with E-state index in [-0.39, 0.29) is 33.3 Å². The Balaban J connectivity index is 1.55. The third-order valence-corrected chi connectivity index (χ3v) is 5.27. The molecule has 29 heavy (non-hydrogen) atoms. The molecule has 0 fully saturated rings. The zero-order chi connectivity index (χ0) is 21.0. The van der Waals surface area contributed by atoms with E-state index >= 15 is 0 Å². The number of rotatable bonds is 7. The quantitative estimate of drug-likeness (QED) is 0.330. The van der Waals surface area contributed by atoms with Gasteiger partial charge in [-0.05, 0) is 42.7 Å². The molecule has 2 aromatic carbocycles. The highest BCUT2D eigenvalue weighted by Gasteiger charge is 2.15. The molecule has 0 saturated heterocycles. The summed E-state index contributed by atoms with van der Waals surface area (Å²) in [5.74, 6) is 0.117. The van der Waals surface area contributed by atoms with Gasteiger partial charge in [0.15, 0.2) is 0 Å². The molecule has 1 N–H and O–H groups in total. The van der Waals surface area contributed by atoms with Crippen molar-refractivity contribution in [1.29, 1.82) is 0 Å². The topological polar surface area (TPSA) is 111 Å². The fraction of sp³-hybridized carbons (Fsp3) is 0.211. The van der Waals surface area contributed by atoms with Crippen LogP contribution in [0.1, 0.15) is 22.6 Å². The number of carbonyl (C=O) groups excluding carboxylic acids is 1. The molecular formula is C19H17ClN4O4S. The van der Waals surface area contributed by atoms with Gasteiger partial charge in [-0.25, -0.2) is 0 Å². The molecule has 1 heterocycles. The van der Waals surface area contributed by atoms with Gasteiger partial charge in [-0.1, -0.05) is 41.6 Å². The fourth-order valence-corrected chi connectivity index (χ4v) is 3.28. The molecule has 0 saturated carbocycles. The van der Waals surface area contributed by atoms with Gasteiger partial charge in [0.25, 0.3) is 10.9 Å². The summed E-state index contributed by atoms with van der Waals surface area (Å²) in [5, 5.41) is 21.7. The minimum atomic E-state index is -0.609. The Morgan fingerprint density at radius 3 is 2.72 bits per heavy atom. The number of benzene rings is 2. The highest BCUT2D eigenvalue weighted by atomic mass is 35.5. The van der Waals surface area contributed by atoms with Crippen molar-refractivity contribution in [2.75, 3.05) is 11.1 Å². The van der Waals surface area contributed by atoms with Crippen molar-refractivity contribution in [1.82, 2.24) is 10.2 Å². The van der Waals surface area contributed by atoms with Gasteiger partial charge in [-0.2, -0.15) is 0 Å². The number of anilines is 1. The minimum absolute atomic E-state index is 0.00420. The van der Waals surface area contributed by atoms with Gasteiger partial charge in [-0.15, -0.1) is 10.2 Å². The predicted octanol–water partition coefficient (Wildman–Crippen LogP) is 4.57. The van der Waals surface area contributed by atoms with Gasteiger partial charge in [-0.3, -0.25) is 14.9 Å². The van der Waals surface area contributed by atoms with Crippen LogP contribution in [0.5, 0.6) is 0 Å². The average Bonchev–Trinajstić information content (AvgIpc) is 3.12. The summed E-state index contributed by atoms with van der Waals surface area (Å²) in [6.07, 6.45) is 0.509. The molecule has 0 aliphatic heterocycles. The first-order valence-electron chi connectivity index (χ1n) is 8.57. The van der Waals surface area contributed by atoms with E-state index in [4.69, 9.17) is 16.0 Å². The van der Waals surface area contributed by atoms with Crippen LogP contribution in [0.15, 0.2) is 46.0 Å². The van der Waals surface area contributed by atoms with E-state index in [1.165, 1.54) is 29.3 Å². The second-order valence-corrected chi connectivity index (χ2v) is 7.65. The zero-order valence-electron chi connectivity index (χ0n) is 15.6. The number of carbonyl (C=O) groups is 1. The average molecular weight is 433 g/mol. The molecule has 3 aromatic rings. The lowest BCUT2D eigenvalue weighted by molar-refractivity contribution is -0.384. The van der Waals surface area contributed by atoms with Crippen molar-refractivity contribution < 1.29 is 14.1 Å². The molecule has 0 aliphatic rings. The van der Waals surface area contributed by atoms with Crippen molar-refractivity contribution >= 4 is 40.6 Å². The number of hydrogen-bond donors (Lipinski definition) is 1. The zero-order valence-corrected chi connectivity index (χ0v) is 17.2. The molecule has 1 amide bonds. The van der Waals surface area contributed by atoms with E-state index in [0.29, 0.717) is 12.3 Å². The molecule has 1 aromatic heterocycles. The molecule has 0 bridgehead atoms. The SMILES string of the molecule is Cc1ccc(Cc2nnc(SCC(=O)Nc3ccc(Cl)c([N+](=O)[O-])c3)o2)cc1C. The van der Waals surface area contributed by atoms with Crippen molar-refractivity contribution in [2.45, 2.75) is 25.5 Å². The first-order valence-corrected chi connectivity index (χ1v) is 9.93. The van der Waals surface area contributed by atoms with E-state index in [2.05, 4.69) is 21.6 Å². The maximum atomic E-state index is 12.1. The van der Waals surface area contributed by atoms with Crippen LogP contribution in [0.2, 0.25) is 5.02 Å². The molecule has 0 atom stereocenters. The normalized spacial score (nSPS) is 10.7. The largest absolute Gasteiger partial charge is 0.416 e. The smallest absolute Gasteiger partial charge is 0.289 e. The van der Waals surface area contributed by atoms with Gasteiger partial charge in [0, 0.05) is 11.8 Å². The Hall–Kier alpha value is -2.91. The maximum absolute atomic E-state index is 12.1. The number of hydrogen-bond acceptors (Lipinski definition) is 7. The van der Waals surface area contributed by atoms with Crippen LogP contribution in [0.4, 0.5) is 11.4 Å². The summed E-state index contributed by atoms with van der Waals surface area (Å²) in [6.45, 7) is 4.09. The van der Waals surface area contributed by atoms with Gasteiger partial charge >= 0.3 is 0 Å². The number of nitrogens with one attached hydrogen (secondary N) is 1. The van der Waals surface area contributed by atoms with Gasteiger partial charge in [0.1, 0.15) is 5.02 Å². The third kappa shape index (κ3) is 5.55. The number of halogens is 1. The standard InChI is InChI=1S/C19H17ClN4O4S/c1-11-3-4-13(7-12(11)2)8-18-22-23-19(28-18)29-10-17(25)21-14-5-6-15(20)16(9-14)24(26)27/h3-7,9H,8,10H2,1-2H3,(H,21,25). The first-order chi connectivity index (χ1) is 13.8. The maximum Gasteiger partial charge on any atom is 0.289 e.